The lowest BCUT2D eigenvalue weighted by molar-refractivity contribution is 0.318. The fraction of sp³-hybridized carbons (Fsp3) is 0.727. The Balaban J connectivity index is 2.15. The standard InChI is InChI=1S/C11H21N3S/c1-13(6-4-3-5-7-15)9-11-8-12-14(2)10-11/h8,10,15H,3-7,9H2,1-2H3. The normalized spacial score (nSPS) is 11.2. The van der Waals surface area contributed by atoms with Gasteiger partial charge in [0.25, 0.3) is 0 Å². The molecule has 0 N–H and O–H groups in total. The molecule has 0 aliphatic carbocycles. The van der Waals surface area contributed by atoms with Gasteiger partial charge in [0, 0.05) is 25.4 Å². The summed E-state index contributed by atoms with van der Waals surface area (Å²) < 4.78 is 1.85. The Morgan fingerprint density at radius 2 is 2.20 bits per heavy atom. The molecule has 86 valence electrons. The average Bonchev–Trinajstić information content (AvgIpc) is 2.59. The Morgan fingerprint density at radius 1 is 1.40 bits per heavy atom. The first-order valence-corrected chi connectivity index (χ1v) is 6.12. The molecule has 0 aliphatic heterocycles. The van der Waals surface area contributed by atoms with Gasteiger partial charge in [-0.1, -0.05) is 6.42 Å². The lowest BCUT2D eigenvalue weighted by Crippen LogP contribution is -2.18. The second-order valence-corrected chi connectivity index (χ2v) is 4.49. The van der Waals surface area contributed by atoms with Crippen molar-refractivity contribution in [2.45, 2.75) is 25.8 Å². The Bertz CT molecular complexity index is 273. The molecule has 1 aromatic rings. The molecule has 3 nitrogen and oxygen atoms in total. The van der Waals surface area contributed by atoms with Crippen molar-refractivity contribution < 1.29 is 0 Å². The lowest BCUT2D eigenvalue weighted by atomic mass is 10.2. The Labute approximate surface area is 97.9 Å². The first-order valence-electron chi connectivity index (χ1n) is 5.49. The number of hydrogen-bond acceptors (Lipinski definition) is 3. The third-order valence-corrected chi connectivity index (χ3v) is 2.73. The summed E-state index contributed by atoms with van der Waals surface area (Å²) in [5, 5.41) is 4.16. The van der Waals surface area contributed by atoms with Crippen LogP contribution in [0.15, 0.2) is 12.4 Å². The van der Waals surface area contributed by atoms with Crippen molar-refractivity contribution in [1.82, 2.24) is 14.7 Å². The highest BCUT2D eigenvalue weighted by atomic mass is 32.1. The maximum absolute atomic E-state index is 4.20. The van der Waals surface area contributed by atoms with Crippen molar-refractivity contribution in [2.24, 2.45) is 7.05 Å². The highest BCUT2D eigenvalue weighted by molar-refractivity contribution is 7.80. The van der Waals surface area contributed by atoms with E-state index in [4.69, 9.17) is 0 Å². The van der Waals surface area contributed by atoms with Gasteiger partial charge < -0.3 is 4.90 Å². The van der Waals surface area contributed by atoms with E-state index in [0.717, 1.165) is 18.8 Å². The molecular formula is C11H21N3S. The first kappa shape index (κ1) is 12.6. The molecule has 0 amide bonds. The number of aryl methyl sites for hydroxylation is 1. The molecule has 0 bridgehead atoms. The van der Waals surface area contributed by atoms with Crippen LogP contribution >= 0.6 is 12.6 Å². The third-order valence-electron chi connectivity index (χ3n) is 2.41. The molecule has 0 fully saturated rings. The van der Waals surface area contributed by atoms with E-state index in [9.17, 15) is 0 Å². The molecule has 4 heteroatoms. The summed E-state index contributed by atoms with van der Waals surface area (Å²) in [5.41, 5.74) is 1.29. The molecule has 0 saturated carbocycles. The van der Waals surface area contributed by atoms with Crippen LogP contribution in [0, 0.1) is 0 Å². The zero-order valence-corrected chi connectivity index (χ0v) is 10.6. The summed E-state index contributed by atoms with van der Waals surface area (Å²) in [7, 11) is 4.11. The molecule has 0 spiro atoms. The van der Waals surface area contributed by atoms with Gasteiger partial charge in [0.05, 0.1) is 6.20 Å². The molecule has 0 aromatic carbocycles. The minimum Gasteiger partial charge on any atom is -0.302 e. The van der Waals surface area contributed by atoms with Crippen LogP contribution in [0.3, 0.4) is 0 Å². The van der Waals surface area contributed by atoms with E-state index < -0.39 is 0 Å². The summed E-state index contributed by atoms with van der Waals surface area (Å²) >= 11 is 4.20. The van der Waals surface area contributed by atoms with Gasteiger partial charge in [0.2, 0.25) is 0 Å². The second-order valence-electron chi connectivity index (χ2n) is 4.04. The molecular weight excluding hydrogens is 206 g/mol. The van der Waals surface area contributed by atoms with Gasteiger partial charge in [-0.25, -0.2) is 0 Å². The van der Waals surface area contributed by atoms with Crippen LogP contribution in [0.1, 0.15) is 24.8 Å². The van der Waals surface area contributed by atoms with Gasteiger partial charge in [-0.05, 0) is 32.2 Å². The van der Waals surface area contributed by atoms with Crippen molar-refractivity contribution in [3.63, 3.8) is 0 Å². The Morgan fingerprint density at radius 3 is 2.80 bits per heavy atom. The smallest absolute Gasteiger partial charge is 0.0534 e. The molecule has 1 aromatic heterocycles. The number of rotatable bonds is 7. The Hall–Kier alpha value is -0.480. The molecule has 0 aliphatic rings. The van der Waals surface area contributed by atoms with E-state index in [1.807, 2.05) is 17.9 Å². The summed E-state index contributed by atoms with van der Waals surface area (Å²) in [6.45, 7) is 2.15. The van der Waals surface area contributed by atoms with Crippen molar-refractivity contribution >= 4 is 12.6 Å². The van der Waals surface area contributed by atoms with E-state index in [1.54, 1.807) is 0 Å². The van der Waals surface area contributed by atoms with Crippen molar-refractivity contribution in [2.75, 3.05) is 19.3 Å². The van der Waals surface area contributed by atoms with Crippen LogP contribution in [-0.2, 0) is 13.6 Å². The van der Waals surface area contributed by atoms with E-state index >= 15 is 0 Å². The van der Waals surface area contributed by atoms with Crippen LogP contribution in [-0.4, -0.2) is 34.0 Å². The van der Waals surface area contributed by atoms with E-state index in [-0.39, 0.29) is 0 Å². The maximum Gasteiger partial charge on any atom is 0.0534 e. The fourth-order valence-electron chi connectivity index (χ4n) is 1.61. The zero-order valence-electron chi connectivity index (χ0n) is 9.69. The predicted octanol–water partition coefficient (Wildman–Crippen LogP) is 1.95. The first-order chi connectivity index (χ1) is 7.22. The summed E-state index contributed by atoms with van der Waals surface area (Å²) in [6.07, 6.45) is 7.77. The van der Waals surface area contributed by atoms with Crippen molar-refractivity contribution in [1.29, 1.82) is 0 Å². The van der Waals surface area contributed by atoms with E-state index in [1.165, 1.54) is 24.8 Å². The topological polar surface area (TPSA) is 21.1 Å². The molecule has 1 rings (SSSR count). The second kappa shape index (κ2) is 6.90. The van der Waals surface area contributed by atoms with Gasteiger partial charge >= 0.3 is 0 Å². The van der Waals surface area contributed by atoms with E-state index in [0.29, 0.717) is 0 Å². The number of unbranched alkanes of at least 4 members (excludes halogenated alkanes) is 2. The predicted molar refractivity (Wildman–Crippen MR) is 67.2 cm³/mol. The minimum atomic E-state index is 0.995. The highest BCUT2D eigenvalue weighted by Gasteiger charge is 2.01. The molecule has 0 saturated heterocycles. The SMILES string of the molecule is CN(CCCCCS)Cc1cnn(C)c1. The van der Waals surface area contributed by atoms with Crippen LogP contribution in [0.5, 0.6) is 0 Å². The quantitative estimate of drug-likeness (QED) is 0.568. The number of nitrogens with zero attached hydrogens (tertiary/aromatic N) is 3. The summed E-state index contributed by atoms with van der Waals surface area (Å²) in [5.74, 6) is 1.01. The molecule has 1 heterocycles. The van der Waals surface area contributed by atoms with Gasteiger partial charge in [0.15, 0.2) is 0 Å². The monoisotopic (exact) mass is 227 g/mol. The molecule has 0 atom stereocenters. The number of hydrogen-bond donors (Lipinski definition) is 1. The molecule has 15 heavy (non-hydrogen) atoms. The average molecular weight is 227 g/mol. The number of thiol groups is 1. The van der Waals surface area contributed by atoms with Gasteiger partial charge in [-0.3, -0.25) is 4.68 Å². The zero-order chi connectivity index (χ0) is 11.1. The largest absolute Gasteiger partial charge is 0.302 e. The Kier molecular flexibility index (Phi) is 5.79. The van der Waals surface area contributed by atoms with Crippen LogP contribution in [0.2, 0.25) is 0 Å². The number of aromatic nitrogens is 2. The summed E-state index contributed by atoms with van der Waals surface area (Å²) in [6, 6.07) is 0. The third kappa shape index (κ3) is 5.23. The van der Waals surface area contributed by atoms with Crippen molar-refractivity contribution in [3.8, 4) is 0 Å². The van der Waals surface area contributed by atoms with Crippen LogP contribution in [0.25, 0.3) is 0 Å². The van der Waals surface area contributed by atoms with Gasteiger partial charge in [0.1, 0.15) is 0 Å². The fourth-order valence-corrected chi connectivity index (χ4v) is 1.84. The van der Waals surface area contributed by atoms with Crippen molar-refractivity contribution in [3.05, 3.63) is 18.0 Å². The maximum atomic E-state index is 4.20. The lowest BCUT2D eigenvalue weighted by Gasteiger charge is -2.14. The van der Waals surface area contributed by atoms with Crippen LogP contribution < -0.4 is 0 Å². The molecule has 0 radical (unpaired) electrons. The van der Waals surface area contributed by atoms with Crippen LogP contribution in [0.4, 0.5) is 0 Å². The van der Waals surface area contributed by atoms with Gasteiger partial charge in [-0.2, -0.15) is 17.7 Å². The van der Waals surface area contributed by atoms with Gasteiger partial charge in [-0.15, -0.1) is 0 Å². The van der Waals surface area contributed by atoms with E-state index in [2.05, 4.69) is 35.9 Å². The minimum absolute atomic E-state index is 0.995. The molecule has 0 unspecified atom stereocenters. The highest BCUT2D eigenvalue weighted by Crippen LogP contribution is 2.04. The summed E-state index contributed by atoms with van der Waals surface area (Å²) in [4.78, 5) is 2.34.